The molecule has 0 aliphatic rings. The highest BCUT2D eigenvalue weighted by Gasteiger charge is 2.14. The van der Waals surface area contributed by atoms with Crippen molar-refractivity contribution in [1.82, 2.24) is 20.3 Å². The molecule has 1 aromatic heterocycles. The molecule has 0 saturated heterocycles. The Hall–Kier alpha value is -1.20. The molecule has 0 radical (unpaired) electrons. The van der Waals surface area contributed by atoms with Gasteiger partial charge in [0.1, 0.15) is 0 Å². The molecule has 108 valence electrons. The first-order valence-electron chi connectivity index (χ1n) is 7.00. The summed E-state index contributed by atoms with van der Waals surface area (Å²) in [7, 11) is 1.90. The van der Waals surface area contributed by atoms with Crippen LogP contribution in [0.5, 0.6) is 0 Å². The molecule has 0 amide bonds. The Balaban J connectivity index is 2.09. The summed E-state index contributed by atoms with van der Waals surface area (Å²) < 4.78 is 2.87. The van der Waals surface area contributed by atoms with Crippen molar-refractivity contribution in [3.63, 3.8) is 0 Å². The topological polar surface area (TPSA) is 42.7 Å². The van der Waals surface area contributed by atoms with Gasteiger partial charge >= 0.3 is 0 Å². The van der Waals surface area contributed by atoms with Gasteiger partial charge in [0.15, 0.2) is 0 Å². The Morgan fingerprint density at radius 1 is 1.30 bits per heavy atom. The molecule has 0 aliphatic heterocycles. The Morgan fingerprint density at radius 3 is 2.65 bits per heavy atom. The minimum absolute atomic E-state index is 0.423. The van der Waals surface area contributed by atoms with E-state index < -0.39 is 0 Å². The van der Waals surface area contributed by atoms with Crippen molar-refractivity contribution in [1.29, 1.82) is 0 Å². The van der Waals surface area contributed by atoms with E-state index >= 15 is 0 Å². The number of aromatic nitrogens is 3. The van der Waals surface area contributed by atoms with Gasteiger partial charge in [0.2, 0.25) is 0 Å². The fourth-order valence-corrected chi connectivity index (χ4v) is 2.50. The van der Waals surface area contributed by atoms with Crippen molar-refractivity contribution >= 4 is 15.9 Å². The monoisotopic (exact) mass is 336 g/mol. The van der Waals surface area contributed by atoms with E-state index in [4.69, 9.17) is 0 Å². The first-order valence-corrected chi connectivity index (χ1v) is 7.79. The van der Waals surface area contributed by atoms with Crippen LogP contribution in [0.15, 0.2) is 34.9 Å². The van der Waals surface area contributed by atoms with E-state index in [-0.39, 0.29) is 0 Å². The standard InChI is InChI=1S/C15H21BrN4/c1-3-8-17-10-13(9-15-11-20(2)19-18-15)12-4-6-14(16)7-5-12/h4-7,11,13,17H,3,8-10H2,1-2H3. The summed E-state index contributed by atoms with van der Waals surface area (Å²) in [6.07, 6.45) is 4.05. The molecular weight excluding hydrogens is 316 g/mol. The first kappa shape index (κ1) is 15.2. The molecule has 1 heterocycles. The van der Waals surface area contributed by atoms with Gasteiger partial charge in [-0.3, -0.25) is 4.68 Å². The van der Waals surface area contributed by atoms with Crippen molar-refractivity contribution in [2.75, 3.05) is 13.1 Å². The number of benzene rings is 1. The average molecular weight is 337 g/mol. The second-order valence-corrected chi connectivity index (χ2v) is 5.96. The van der Waals surface area contributed by atoms with Crippen molar-refractivity contribution in [2.45, 2.75) is 25.7 Å². The van der Waals surface area contributed by atoms with E-state index in [1.807, 2.05) is 13.2 Å². The van der Waals surface area contributed by atoms with E-state index in [1.165, 1.54) is 5.56 Å². The maximum atomic E-state index is 4.20. The molecule has 1 aromatic carbocycles. The SMILES string of the molecule is CCCNCC(Cc1cn(C)nn1)c1ccc(Br)cc1. The number of rotatable bonds is 7. The summed E-state index contributed by atoms with van der Waals surface area (Å²) in [6, 6.07) is 8.55. The molecule has 0 aliphatic carbocycles. The number of hydrogen-bond acceptors (Lipinski definition) is 3. The summed E-state index contributed by atoms with van der Waals surface area (Å²) in [4.78, 5) is 0. The summed E-state index contributed by atoms with van der Waals surface area (Å²) in [5.74, 6) is 0.423. The molecular formula is C15H21BrN4. The zero-order chi connectivity index (χ0) is 14.4. The van der Waals surface area contributed by atoms with Crippen molar-refractivity contribution in [3.05, 3.63) is 46.2 Å². The van der Waals surface area contributed by atoms with Crippen LogP contribution in [0.3, 0.4) is 0 Å². The maximum Gasteiger partial charge on any atom is 0.0833 e. The van der Waals surface area contributed by atoms with E-state index in [0.717, 1.165) is 36.1 Å². The Bertz CT molecular complexity index is 521. The van der Waals surface area contributed by atoms with Gasteiger partial charge in [-0.1, -0.05) is 40.2 Å². The van der Waals surface area contributed by atoms with Crippen LogP contribution in [0.4, 0.5) is 0 Å². The molecule has 0 bridgehead atoms. The van der Waals surface area contributed by atoms with E-state index in [9.17, 15) is 0 Å². The third-order valence-electron chi connectivity index (χ3n) is 3.26. The lowest BCUT2D eigenvalue weighted by molar-refractivity contribution is 0.571. The molecule has 2 aromatic rings. The smallest absolute Gasteiger partial charge is 0.0833 e. The molecule has 4 nitrogen and oxygen atoms in total. The zero-order valence-electron chi connectivity index (χ0n) is 12.0. The third-order valence-corrected chi connectivity index (χ3v) is 3.79. The maximum absolute atomic E-state index is 4.20. The first-order chi connectivity index (χ1) is 9.69. The molecule has 1 N–H and O–H groups in total. The van der Waals surface area contributed by atoms with E-state index in [2.05, 4.69) is 62.7 Å². The quantitative estimate of drug-likeness (QED) is 0.790. The molecule has 0 fully saturated rings. The van der Waals surface area contributed by atoms with Gasteiger partial charge in [0.05, 0.1) is 5.69 Å². The van der Waals surface area contributed by atoms with Crippen molar-refractivity contribution < 1.29 is 0 Å². The highest BCUT2D eigenvalue weighted by atomic mass is 79.9. The minimum Gasteiger partial charge on any atom is -0.316 e. The molecule has 5 heteroatoms. The third kappa shape index (κ3) is 4.42. The lowest BCUT2D eigenvalue weighted by Crippen LogP contribution is -2.23. The Kier molecular flexibility index (Phi) is 5.73. The summed E-state index contributed by atoms with van der Waals surface area (Å²) in [6.45, 7) is 4.20. The fourth-order valence-electron chi connectivity index (χ4n) is 2.24. The van der Waals surface area contributed by atoms with Gasteiger partial charge in [0.25, 0.3) is 0 Å². The number of hydrogen-bond donors (Lipinski definition) is 1. The van der Waals surface area contributed by atoms with Crippen LogP contribution in [-0.2, 0) is 13.5 Å². The van der Waals surface area contributed by atoms with Crippen LogP contribution < -0.4 is 5.32 Å². The van der Waals surface area contributed by atoms with Gasteiger partial charge in [0, 0.05) is 36.6 Å². The molecule has 2 rings (SSSR count). The van der Waals surface area contributed by atoms with Crippen LogP contribution in [0, 0.1) is 0 Å². The van der Waals surface area contributed by atoms with Gasteiger partial charge in [-0.05, 0) is 30.7 Å². The minimum atomic E-state index is 0.423. The Labute approximate surface area is 128 Å². The molecule has 20 heavy (non-hydrogen) atoms. The van der Waals surface area contributed by atoms with Gasteiger partial charge < -0.3 is 5.32 Å². The van der Waals surface area contributed by atoms with Crippen molar-refractivity contribution in [2.24, 2.45) is 7.05 Å². The van der Waals surface area contributed by atoms with Gasteiger partial charge in [-0.15, -0.1) is 5.10 Å². The Morgan fingerprint density at radius 2 is 2.05 bits per heavy atom. The number of nitrogens with zero attached hydrogens (tertiary/aromatic N) is 3. The molecule has 0 saturated carbocycles. The number of aryl methyl sites for hydroxylation is 1. The lowest BCUT2D eigenvalue weighted by atomic mass is 9.94. The van der Waals surface area contributed by atoms with Crippen molar-refractivity contribution in [3.8, 4) is 0 Å². The van der Waals surface area contributed by atoms with Gasteiger partial charge in [-0.2, -0.15) is 0 Å². The van der Waals surface area contributed by atoms with Crippen LogP contribution in [0.25, 0.3) is 0 Å². The molecule has 1 atom stereocenters. The van der Waals surface area contributed by atoms with Crippen LogP contribution in [0.1, 0.15) is 30.5 Å². The number of nitrogens with one attached hydrogen (secondary N) is 1. The molecule has 1 unspecified atom stereocenters. The second-order valence-electron chi connectivity index (χ2n) is 5.04. The number of halogens is 1. The fraction of sp³-hybridized carbons (Fsp3) is 0.467. The lowest BCUT2D eigenvalue weighted by Gasteiger charge is -2.17. The summed E-state index contributed by atoms with van der Waals surface area (Å²) >= 11 is 3.49. The predicted molar refractivity (Wildman–Crippen MR) is 84.8 cm³/mol. The van der Waals surface area contributed by atoms with Crippen LogP contribution in [-0.4, -0.2) is 28.1 Å². The largest absolute Gasteiger partial charge is 0.316 e. The average Bonchev–Trinajstić information content (AvgIpc) is 2.84. The summed E-state index contributed by atoms with van der Waals surface area (Å²) in [5, 5.41) is 11.7. The summed E-state index contributed by atoms with van der Waals surface area (Å²) in [5.41, 5.74) is 2.38. The zero-order valence-corrected chi connectivity index (χ0v) is 13.6. The van der Waals surface area contributed by atoms with E-state index in [1.54, 1.807) is 4.68 Å². The van der Waals surface area contributed by atoms with Crippen LogP contribution >= 0.6 is 15.9 Å². The highest BCUT2D eigenvalue weighted by Crippen LogP contribution is 2.21. The van der Waals surface area contributed by atoms with E-state index in [0.29, 0.717) is 5.92 Å². The van der Waals surface area contributed by atoms with Gasteiger partial charge in [-0.25, -0.2) is 0 Å². The highest BCUT2D eigenvalue weighted by molar-refractivity contribution is 9.10. The molecule has 0 spiro atoms. The van der Waals surface area contributed by atoms with Crippen LogP contribution in [0.2, 0.25) is 0 Å². The second kappa shape index (κ2) is 7.55. The predicted octanol–water partition coefficient (Wildman–Crippen LogP) is 2.90. The normalized spacial score (nSPS) is 12.6.